The third-order valence-electron chi connectivity index (χ3n) is 4.16. The van der Waals surface area contributed by atoms with Crippen molar-refractivity contribution in [3.8, 4) is 0 Å². The molecule has 0 radical (unpaired) electrons. The number of benzene rings is 1. The number of nitrogens with zero attached hydrogens (tertiary/aromatic N) is 3. The van der Waals surface area contributed by atoms with Gasteiger partial charge in [-0.15, -0.1) is 12.4 Å². The van der Waals surface area contributed by atoms with E-state index >= 15 is 0 Å². The number of para-hydroxylation sites is 1. The second-order valence-electron chi connectivity index (χ2n) is 5.46. The lowest BCUT2D eigenvalue weighted by Crippen LogP contribution is -2.40. The number of hydrogen-bond donors (Lipinski definition) is 1. The van der Waals surface area contributed by atoms with E-state index in [4.69, 9.17) is 0 Å². The third kappa shape index (κ3) is 2.18. The van der Waals surface area contributed by atoms with E-state index in [-0.39, 0.29) is 18.4 Å². The number of carbonyl (C=O) groups is 1. The number of halogens is 1. The van der Waals surface area contributed by atoms with Crippen molar-refractivity contribution >= 4 is 29.3 Å². The van der Waals surface area contributed by atoms with Crippen molar-refractivity contribution in [1.29, 1.82) is 0 Å². The molecule has 1 aliphatic rings. The van der Waals surface area contributed by atoms with E-state index in [0.29, 0.717) is 6.54 Å². The predicted octanol–water partition coefficient (Wildman–Crippen LogP) is 3.12. The molecule has 22 heavy (non-hydrogen) atoms. The molecular weight excluding hydrogens is 300 g/mol. The smallest absolute Gasteiger partial charge is 0.329 e. The molecule has 0 saturated carbocycles. The molecule has 1 N–H and O–H groups in total. The predicted molar refractivity (Wildman–Crippen MR) is 87.4 cm³/mol. The number of aromatic nitrogens is 3. The van der Waals surface area contributed by atoms with Gasteiger partial charge in [-0.25, -0.2) is 9.78 Å². The fraction of sp³-hybridized carbons (Fsp3) is 0.250. The highest BCUT2D eigenvalue weighted by Crippen LogP contribution is 2.25. The van der Waals surface area contributed by atoms with Crippen molar-refractivity contribution in [3.05, 3.63) is 53.7 Å². The van der Waals surface area contributed by atoms with Crippen molar-refractivity contribution in [2.45, 2.75) is 19.9 Å². The fourth-order valence-electron chi connectivity index (χ4n) is 2.98. The molecular formula is C16H17ClN4O. The molecule has 0 bridgehead atoms. The van der Waals surface area contributed by atoms with Crippen LogP contribution in [0.1, 0.15) is 17.1 Å². The summed E-state index contributed by atoms with van der Waals surface area (Å²) >= 11 is 0. The third-order valence-corrected chi connectivity index (χ3v) is 4.16. The van der Waals surface area contributed by atoms with E-state index in [2.05, 4.69) is 22.1 Å². The summed E-state index contributed by atoms with van der Waals surface area (Å²) < 4.78 is 1.83. The number of H-pyrrole nitrogens is 1. The van der Waals surface area contributed by atoms with Gasteiger partial charge in [0.15, 0.2) is 0 Å². The molecule has 6 heteroatoms. The molecule has 1 aliphatic heterocycles. The van der Waals surface area contributed by atoms with Crippen molar-refractivity contribution in [1.82, 2.24) is 19.4 Å². The Bertz CT molecular complexity index is 836. The molecule has 4 rings (SSSR count). The van der Waals surface area contributed by atoms with Crippen LogP contribution in [0.5, 0.6) is 0 Å². The molecule has 2 aromatic heterocycles. The molecule has 0 saturated heterocycles. The molecule has 0 atom stereocenters. The summed E-state index contributed by atoms with van der Waals surface area (Å²) in [5, 5.41) is 1.12. The number of imidazole rings is 1. The van der Waals surface area contributed by atoms with Crippen LogP contribution in [-0.4, -0.2) is 32.0 Å². The summed E-state index contributed by atoms with van der Waals surface area (Å²) in [6, 6.07) is 10.2. The molecule has 0 fully saturated rings. The number of hydrogen-bond acceptors (Lipinski definition) is 2. The Balaban J connectivity index is 0.00000144. The number of fused-ring (bicyclic) bond motifs is 3. The zero-order valence-electron chi connectivity index (χ0n) is 12.2. The van der Waals surface area contributed by atoms with Gasteiger partial charge in [0.2, 0.25) is 0 Å². The summed E-state index contributed by atoms with van der Waals surface area (Å²) in [4.78, 5) is 22.0. The molecule has 1 aromatic carbocycles. The van der Waals surface area contributed by atoms with Crippen LogP contribution in [0.25, 0.3) is 10.9 Å². The van der Waals surface area contributed by atoms with Gasteiger partial charge in [0.05, 0.1) is 24.1 Å². The highest BCUT2D eigenvalue weighted by Gasteiger charge is 2.26. The van der Waals surface area contributed by atoms with Crippen LogP contribution in [0.3, 0.4) is 0 Å². The molecule has 3 aromatic rings. The maximum atomic E-state index is 12.8. The lowest BCUT2D eigenvalue weighted by atomic mass is 10.2. The molecule has 114 valence electrons. The molecule has 3 heterocycles. The van der Waals surface area contributed by atoms with E-state index in [9.17, 15) is 4.79 Å². The van der Waals surface area contributed by atoms with Gasteiger partial charge >= 0.3 is 6.03 Å². The molecule has 0 unspecified atom stereocenters. The second-order valence-corrected chi connectivity index (χ2v) is 5.46. The van der Waals surface area contributed by atoms with Gasteiger partial charge < -0.3 is 9.88 Å². The molecule has 1 amide bonds. The summed E-state index contributed by atoms with van der Waals surface area (Å²) in [5.74, 6) is 0. The lowest BCUT2D eigenvalue weighted by Gasteiger charge is -2.28. The van der Waals surface area contributed by atoms with Crippen molar-refractivity contribution in [3.63, 3.8) is 0 Å². The zero-order chi connectivity index (χ0) is 14.4. The first kappa shape index (κ1) is 14.7. The fourth-order valence-corrected chi connectivity index (χ4v) is 2.98. The standard InChI is InChI=1S/C16H16N4O.ClH/c1-11-14(18-10-17-11)9-19-7-6-13-8-12-4-2-3-5-15(12)20(13)16(19)21;/h2-5,8,10H,6-7,9H2,1H3,(H,17,18);1H. The van der Waals surface area contributed by atoms with Crippen LogP contribution in [-0.2, 0) is 13.0 Å². The Hall–Kier alpha value is -2.27. The number of aromatic amines is 1. The van der Waals surface area contributed by atoms with Crippen molar-refractivity contribution < 1.29 is 4.79 Å². The first-order chi connectivity index (χ1) is 10.2. The first-order valence-electron chi connectivity index (χ1n) is 7.11. The Kier molecular flexibility index (Phi) is 3.66. The number of aryl methyl sites for hydroxylation is 1. The monoisotopic (exact) mass is 316 g/mol. The van der Waals surface area contributed by atoms with E-state index in [1.165, 1.54) is 0 Å². The summed E-state index contributed by atoms with van der Waals surface area (Å²) in [6.07, 6.45) is 2.56. The van der Waals surface area contributed by atoms with Gasteiger partial charge in [-0.3, -0.25) is 4.57 Å². The van der Waals surface area contributed by atoms with Gasteiger partial charge in [0.1, 0.15) is 0 Å². The Morgan fingerprint density at radius 3 is 2.91 bits per heavy atom. The van der Waals surface area contributed by atoms with Crippen LogP contribution in [0.4, 0.5) is 4.79 Å². The average molecular weight is 317 g/mol. The van der Waals surface area contributed by atoms with Gasteiger partial charge in [-0.2, -0.15) is 0 Å². The zero-order valence-corrected chi connectivity index (χ0v) is 13.1. The minimum atomic E-state index is 0. The number of carbonyl (C=O) groups excluding carboxylic acids is 1. The van der Waals surface area contributed by atoms with Gasteiger partial charge in [-0.1, -0.05) is 18.2 Å². The van der Waals surface area contributed by atoms with Crippen molar-refractivity contribution in [2.75, 3.05) is 6.54 Å². The van der Waals surface area contributed by atoms with Crippen molar-refractivity contribution in [2.24, 2.45) is 0 Å². The largest absolute Gasteiger partial charge is 0.348 e. The summed E-state index contributed by atoms with van der Waals surface area (Å²) in [6.45, 7) is 3.27. The minimum Gasteiger partial charge on any atom is -0.348 e. The Morgan fingerprint density at radius 1 is 1.32 bits per heavy atom. The normalized spacial score (nSPS) is 14.0. The summed E-state index contributed by atoms with van der Waals surface area (Å²) in [5.41, 5.74) is 4.03. The maximum absolute atomic E-state index is 12.8. The van der Waals surface area contributed by atoms with Crippen LogP contribution in [0, 0.1) is 6.92 Å². The molecule has 5 nitrogen and oxygen atoms in total. The summed E-state index contributed by atoms with van der Waals surface area (Å²) in [7, 11) is 0. The van der Waals surface area contributed by atoms with E-state index in [0.717, 1.165) is 41.0 Å². The number of nitrogens with one attached hydrogen (secondary N) is 1. The van der Waals surface area contributed by atoms with E-state index < -0.39 is 0 Å². The van der Waals surface area contributed by atoms with Crippen LogP contribution < -0.4 is 0 Å². The van der Waals surface area contributed by atoms with Crippen LogP contribution >= 0.6 is 12.4 Å². The Morgan fingerprint density at radius 2 is 2.14 bits per heavy atom. The minimum absolute atomic E-state index is 0. The quantitative estimate of drug-likeness (QED) is 0.789. The maximum Gasteiger partial charge on any atom is 0.329 e. The second kappa shape index (κ2) is 5.50. The molecule has 0 spiro atoms. The highest BCUT2D eigenvalue weighted by molar-refractivity contribution is 5.93. The lowest BCUT2D eigenvalue weighted by molar-refractivity contribution is 0.190. The number of rotatable bonds is 2. The van der Waals surface area contributed by atoms with Crippen LogP contribution in [0.2, 0.25) is 0 Å². The average Bonchev–Trinajstić information content (AvgIpc) is 3.06. The van der Waals surface area contributed by atoms with Gasteiger partial charge in [0, 0.05) is 29.7 Å². The van der Waals surface area contributed by atoms with Crippen LogP contribution in [0.15, 0.2) is 36.7 Å². The van der Waals surface area contributed by atoms with Gasteiger partial charge in [0.25, 0.3) is 0 Å². The molecule has 0 aliphatic carbocycles. The topological polar surface area (TPSA) is 53.9 Å². The number of amides is 1. The highest BCUT2D eigenvalue weighted by atomic mass is 35.5. The SMILES string of the molecule is Cc1[nH]cnc1CN1CCc2cc3ccccc3n2C1=O.Cl. The van der Waals surface area contributed by atoms with Gasteiger partial charge in [-0.05, 0) is 19.1 Å². The van der Waals surface area contributed by atoms with E-state index in [1.807, 2.05) is 34.6 Å². The Labute approximate surface area is 134 Å². The first-order valence-corrected chi connectivity index (χ1v) is 7.11. The van der Waals surface area contributed by atoms with E-state index in [1.54, 1.807) is 6.33 Å².